The van der Waals surface area contributed by atoms with Gasteiger partial charge in [0.15, 0.2) is 6.29 Å². The van der Waals surface area contributed by atoms with Gasteiger partial charge in [-0.2, -0.15) is 5.10 Å². The molecule has 5 heteroatoms. The Morgan fingerprint density at radius 2 is 2.38 bits per heavy atom. The average Bonchev–Trinajstić information content (AvgIpc) is 2.71. The maximum Gasteiger partial charge on any atom is 0.167 e. The van der Waals surface area contributed by atoms with Crippen molar-refractivity contribution in [3.05, 3.63) is 24.3 Å². The summed E-state index contributed by atoms with van der Waals surface area (Å²) in [6.45, 7) is 0. The number of aryl methyl sites for hydroxylation is 1. The van der Waals surface area contributed by atoms with E-state index in [9.17, 15) is 4.79 Å². The maximum atomic E-state index is 10.4. The minimum absolute atomic E-state index is 0.471. The van der Waals surface area contributed by atoms with Gasteiger partial charge < -0.3 is 4.98 Å². The summed E-state index contributed by atoms with van der Waals surface area (Å²) < 4.78 is 1.68. The minimum atomic E-state index is 0.471. The van der Waals surface area contributed by atoms with Crippen molar-refractivity contribution in [2.24, 2.45) is 7.05 Å². The van der Waals surface area contributed by atoms with Crippen LogP contribution in [0.2, 0.25) is 0 Å². The largest absolute Gasteiger partial charge is 0.336 e. The Hall–Kier alpha value is -1.91. The Kier molecular flexibility index (Phi) is 1.70. The van der Waals surface area contributed by atoms with E-state index in [1.165, 1.54) is 6.20 Å². The molecular formula is C8H8N4O. The molecular weight excluding hydrogens is 168 g/mol. The lowest BCUT2D eigenvalue weighted by Crippen LogP contribution is -1.84. The van der Waals surface area contributed by atoms with Gasteiger partial charge in [-0.3, -0.25) is 9.48 Å². The molecule has 0 radical (unpaired) electrons. The summed E-state index contributed by atoms with van der Waals surface area (Å²) in [7, 11) is 1.83. The number of rotatable bonds is 2. The first-order valence-electron chi connectivity index (χ1n) is 3.79. The van der Waals surface area contributed by atoms with Crippen LogP contribution in [0.1, 0.15) is 10.5 Å². The van der Waals surface area contributed by atoms with Gasteiger partial charge in [0.2, 0.25) is 0 Å². The van der Waals surface area contributed by atoms with Crippen LogP contribution in [0.15, 0.2) is 18.6 Å². The van der Waals surface area contributed by atoms with Gasteiger partial charge in [0, 0.05) is 13.2 Å². The van der Waals surface area contributed by atoms with Gasteiger partial charge >= 0.3 is 0 Å². The van der Waals surface area contributed by atoms with Gasteiger partial charge in [0.1, 0.15) is 5.82 Å². The number of aldehydes is 1. The van der Waals surface area contributed by atoms with E-state index in [0.717, 1.165) is 11.8 Å². The number of carbonyl (C=O) groups excluding carboxylic acids is 1. The molecule has 0 fully saturated rings. The highest BCUT2D eigenvalue weighted by Gasteiger charge is 2.03. The maximum absolute atomic E-state index is 10.4. The first-order valence-corrected chi connectivity index (χ1v) is 3.79. The molecule has 2 rings (SSSR count). The van der Waals surface area contributed by atoms with E-state index >= 15 is 0 Å². The van der Waals surface area contributed by atoms with Crippen molar-refractivity contribution in [1.29, 1.82) is 0 Å². The molecule has 5 nitrogen and oxygen atoms in total. The minimum Gasteiger partial charge on any atom is -0.336 e. The van der Waals surface area contributed by atoms with Crippen molar-refractivity contribution >= 4 is 6.29 Å². The van der Waals surface area contributed by atoms with E-state index in [1.807, 2.05) is 13.2 Å². The third-order valence-corrected chi connectivity index (χ3v) is 1.70. The summed E-state index contributed by atoms with van der Waals surface area (Å²) in [5.74, 6) is 0.662. The number of nitrogens with zero attached hydrogens (tertiary/aromatic N) is 3. The SMILES string of the molecule is Cn1cc(-c2ncc(C=O)[nH]2)cn1. The topological polar surface area (TPSA) is 63.6 Å². The van der Waals surface area contributed by atoms with Crippen LogP contribution >= 0.6 is 0 Å². The van der Waals surface area contributed by atoms with Crippen LogP contribution in [0, 0.1) is 0 Å². The van der Waals surface area contributed by atoms with Crippen LogP contribution in [-0.4, -0.2) is 26.0 Å². The van der Waals surface area contributed by atoms with Crippen molar-refractivity contribution in [2.45, 2.75) is 0 Å². The molecule has 2 heterocycles. The lowest BCUT2D eigenvalue weighted by Gasteiger charge is -1.86. The van der Waals surface area contributed by atoms with Gasteiger partial charge in [0.05, 0.1) is 23.7 Å². The third-order valence-electron chi connectivity index (χ3n) is 1.70. The Morgan fingerprint density at radius 3 is 2.92 bits per heavy atom. The van der Waals surface area contributed by atoms with Crippen LogP contribution in [0.4, 0.5) is 0 Å². The molecule has 0 amide bonds. The van der Waals surface area contributed by atoms with Crippen molar-refractivity contribution < 1.29 is 4.79 Å². The normalized spacial score (nSPS) is 10.2. The smallest absolute Gasteiger partial charge is 0.167 e. The molecule has 2 aromatic rings. The molecule has 0 aliphatic heterocycles. The Balaban J connectivity index is 2.40. The van der Waals surface area contributed by atoms with Crippen LogP contribution in [0.3, 0.4) is 0 Å². The molecule has 0 aliphatic carbocycles. The third kappa shape index (κ3) is 1.35. The molecule has 66 valence electrons. The molecule has 0 bridgehead atoms. The van der Waals surface area contributed by atoms with E-state index < -0.39 is 0 Å². The Morgan fingerprint density at radius 1 is 1.54 bits per heavy atom. The molecule has 0 saturated heterocycles. The number of aromatic nitrogens is 4. The highest BCUT2D eigenvalue weighted by molar-refractivity contribution is 5.73. The number of hydrogen-bond acceptors (Lipinski definition) is 3. The molecule has 13 heavy (non-hydrogen) atoms. The van der Waals surface area contributed by atoms with Crippen LogP contribution in [0.5, 0.6) is 0 Å². The number of carbonyl (C=O) groups is 1. The predicted molar refractivity (Wildman–Crippen MR) is 46.2 cm³/mol. The highest BCUT2D eigenvalue weighted by Crippen LogP contribution is 2.12. The number of imidazole rings is 1. The van der Waals surface area contributed by atoms with Crippen molar-refractivity contribution in [2.75, 3.05) is 0 Å². The fraction of sp³-hybridized carbons (Fsp3) is 0.125. The molecule has 0 aliphatic rings. The van der Waals surface area contributed by atoms with E-state index in [1.54, 1.807) is 10.9 Å². The van der Waals surface area contributed by atoms with Crippen LogP contribution in [-0.2, 0) is 7.05 Å². The molecule has 2 aromatic heterocycles. The summed E-state index contributed by atoms with van der Waals surface area (Å²) in [5, 5.41) is 4.00. The zero-order valence-electron chi connectivity index (χ0n) is 7.06. The first kappa shape index (κ1) is 7.72. The average molecular weight is 176 g/mol. The first-order chi connectivity index (χ1) is 6.29. The zero-order valence-corrected chi connectivity index (χ0v) is 7.06. The molecule has 0 spiro atoms. The molecule has 0 aromatic carbocycles. The van der Waals surface area contributed by atoms with Gasteiger partial charge in [0.25, 0.3) is 0 Å². The Labute approximate surface area is 74.4 Å². The standard InChI is InChI=1S/C8H8N4O/c1-12-4-6(2-10-12)8-9-3-7(5-13)11-8/h2-5H,1H3,(H,9,11). The molecule has 1 N–H and O–H groups in total. The highest BCUT2D eigenvalue weighted by atomic mass is 16.1. The van der Waals surface area contributed by atoms with Crippen molar-refractivity contribution in [3.8, 4) is 11.4 Å². The van der Waals surface area contributed by atoms with E-state index in [-0.39, 0.29) is 0 Å². The fourth-order valence-electron chi connectivity index (χ4n) is 1.09. The summed E-state index contributed by atoms with van der Waals surface area (Å²) in [4.78, 5) is 17.3. The zero-order chi connectivity index (χ0) is 9.26. The summed E-state index contributed by atoms with van der Waals surface area (Å²) >= 11 is 0. The molecule has 0 unspecified atom stereocenters. The fourth-order valence-corrected chi connectivity index (χ4v) is 1.09. The van der Waals surface area contributed by atoms with Crippen molar-refractivity contribution in [3.63, 3.8) is 0 Å². The lowest BCUT2D eigenvalue weighted by atomic mass is 10.3. The second-order valence-electron chi connectivity index (χ2n) is 2.71. The summed E-state index contributed by atoms with van der Waals surface area (Å²) in [5.41, 5.74) is 1.34. The van der Waals surface area contributed by atoms with Gasteiger partial charge in [-0.15, -0.1) is 0 Å². The van der Waals surface area contributed by atoms with Gasteiger partial charge in [-0.1, -0.05) is 0 Å². The second-order valence-corrected chi connectivity index (χ2v) is 2.71. The van der Waals surface area contributed by atoms with Crippen LogP contribution in [0.25, 0.3) is 11.4 Å². The summed E-state index contributed by atoms with van der Waals surface area (Å²) in [6.07, 6.45) is 5.74. The number of nitrogens with one attached hydrogen (secondary N) is 1. The number of aromatic amines is 1. The summed E-state index contributed by atoms with van der Waals surface area (Å²) in [6, 6.07) is 0. The molecule has 0 atom stereocenters. The van der Waals surface area contributed by atoms with E-state index in [0.29, 0.717) is 11.5 Å². The van der Waals surface area contributed by atoms with Crippen LogP contribution < -0.4 is 0 Å². The number of H-pyrrole nitrogens is 1. The number of hydrogen-bond donors (Lipinski definition) is 1. The van der Waals surface area contributed by atoms with Crippen molar-refractivity contribution in [1.82, 2.24) is 19.7 Å². The van der Waals surface area contributed by atoms with Gasteiger partial charge in [-0.25, -0.2) is 4.98 Å². The Bertz CT molecular complexity index is 429. The monoisotopic (exact) mass is 176 g/mol. The lowest BCUT2D eigenvalue weighted by molar-refractivity contribution is 0.111. The second kappa shape index (κ2) is 2.85. The molecule has 0 saturated carbocycles. The van der Waals surface area contributed by atoms with E-state index in [2.05, 4.69) is 15.1 Å². The van der Waals surface area contributed by atoms with E-state index in [4.69, 9.17) is 0 Å². The van der Waals surface area contributed by atoms with Gasteiger partial charge in [-0.05, 0) is 0 Å². The predicted octanol–water partition coefficient (Wildman–Crippen LogP) is 0.623. The quantitative estimate of drug-likeness (QED) is 0.682.